The summed E-state index contributed by atoms with van der Waals surface area (Å²) in [6, 6.07) is 19.6. The van der Waals surface area contributed by atoms with Gasteiger partial charge in [-0.15, -0.1) is 0 Å². The fraction of sp³-hybridized carbons (Fsp3) is 0.469. The Hall–Kier alpha value is -3.45. The SMILES string of the molecule is O=C1NC2(CCCC2)COC(=O)[C@H](Cc2ccccc2)CC=CC[C@@H]1CC(=O)N(CCO)Cc1ccccc1. The zero-order valence-electron chi connectivity index (χ0n) is 22.6. The van der Waals surface area contributed by atoms with Crippen LogP contribution in [0.3, 0.4) is 0 Å². The molecule has 39 heavy (non-hydrogen) atoms. The molecule has 2 aromatic rings. The number of ether oxygens (including phenoxy) is 1. The summed E-state index contributed by atoms with van der Waals surface area (Å²) in [6.07, 6.45) is 8.79. The number of carbonyl (C=O) groups excluding carboxylic acids is 3. The van der Waals surface area contributed by atoms with Crippen LogP contribution in [0.15, 0.2) is 72.8 Å². The van der Waals surface area contributed by atoms with Gasteiger partial charge >= 0.3 is 5.97 Å². The third-order valence-corrected chi connectivity index (χ3v) is 7.84. The van der Waals surface area contributed by atoms with Crippen LogP contribution in [0.4, 0.5) is 0 Å². The summed E-state index contributed by atoms with van der Waals surface area (Å²) in [5.74, 6) is -1.45. The fourth-order valence-electron chi connectivity index (χ4n) is 5.57. The molecule has 0 bridgehead atoms. The van der Waals surface area contributed by atoms with Crippen LogP contribution in [-0.4, -0.2) is 53.1 Å². The second-order valence-corrected chi connectivity index (χ2v) is 10.8. The van der Waals surface area contributed by atoms with E-state index in [0.717, 1.165) is 36.8 Å². The molecule has 1 saturated carbocycles. The minimum atomic E-state index is -0.594. The number of cyclic esters (lactones) is 1. The van der Waals surface area contributed by atoms with Crippen molar-refractivity contribution in [2.24, 2.45) is 11.8 Å². The van der Waals surface area contributed by atoms with Crippen LogP contribution < -0.4 is 5.32 Å². The van der Waals surface area contributed by atoms with Crippen LogP contribution in [-0.2, 0) is 32.1 Å². The lowest BCUT2D eigenvalue weighted by molar-refractivity contribution is -0.152. The molecule has 1 fully saturated rings. The molecule has 1 aliphatic carbocycles. The average molecular weight is 533 g/mol. The van der Waals surface area contributed by atoms with Crippen LogP contribution in [0.1, 0.15) is 56.1 Å². The zero-order chi connectivity index (χ0) is 27.5. The molecule has 1 aliphatic heterocycles. The average Bonchev–Trinajstić information content (AvgIpc) is 3.41. The molecule has 7 nitrogen and oxygen atoms in total. The number of nitrogens with zero attached hydrogens (tertiary/aromatic N) is 1. The molecule has 2 aliphatic rings. The number of esters is 1. The fourth-order valence-corrected chi connectivity index (χ4v) is 5.57. The molecule has 0 saturated heterocycles. The van der Waals surface area contributed by atoms with Crippen LogP contribution >= 0.6 is 0 Å². The van der Waals surface area contributed by atoms with E-state index in [0.29, 0.717) is 25.8 Å². The van der Waals surface area contributed by atoms with Crippen molar-refractivity contribution in [2.45, 2.75) is 63.5 Å². The summed E-state index contributed by atoms with van der Waals surface area (Å²) < 4.78 is 5.85. The molecule has 0 unspecified atom stereocenters. The van der Waals surface area contributed by atoms with Crippen molar-refractivity contribution in [2.75, 3.05) is 19.8 Å². The molecule has 4 rings (SSSR count). The largest absolute Gasteiger partial charge is 0.463 e. The topological polar surface area (TPSA) is 95.9 Å². The predicted molar refractivity (Wildman–Crippen MR) is 149 cm³/mol. The van der Waals surface area contributed by atoms with Crippen molar-refractivity contribution in [3.63, 3.8) is 0 Å². The van der Waals surface area contributed by atoms with Gasteiger partial charge in [0.05, 0.1) is 24.0 Å². The van der Waals surface area contributed by atoms with E-state index in [4.69, 9.17) is 4.74 Å². The molecule has 2 N–H and O–H groups in total. The summed E-state index contributed by atoms with van der Waals surface area (Å²) in [7, 11) is 0. The molecular weight excluding hydrogens is 492 g/mol. The molecule has 0 radical (unpaired) electrons. The maximum atomic E-state index is 13.5. The maximum absolute atomic E-state index is 13.5. The van der Waals surface area contributed by atoms with E-state index in [1.165, 1.54) is 0 Å². The second kappa shape index (κ2) is 14.1. The Kier molecular flexibility index (Phi) is 10.3. The smallest absolute Gasteiger partial charge is 0.309 e. The van der Waals surface area contributed by atoms with Gasteiger partial charge in [-0.1, -0.05) is 85.7 Å². The molecule has 2 atom stereocenters. The first-order valence-electron chi connectivity index (χ1n) is 14.1. The maximum Gasteiger partial charge on any atom is 0.309 e. The Balaban J connectivity index is 1.51. The first-order chi connectivity index (χ1) is 19.0. The highest BCUT2D eigenvalue weighted by Gasteiger charge is 2.39. The monoisotopic (exact) mass is 532 g/mol. The van der Waals surface area contributed by atoms with Gasteiger partial charge in [0.2, 0.25) is 11.8 Å². The summed E-state index contributed by atoms with van der Waals surface area (Å²) in [5.41, 5.74) is 1.46. The third-order valence-electron chi connectivity index (χ3n) is 7.84. The van der Waals surface area contributed by atoms with E-state index in [-0.39, 0.29) is 49.9 Å². The van der Waals surface area contributed by atoms with E-state index < -0.39 is 11.5 Å². The quantitative estimate of drug-likeness (QED) is 0.393. The van der Waals surface area contributed by atoms with Crippen molar-refractivity contribution in [3.05, 3.63) is 83.9 Å². The summed E-state index contributed by atoms with van der Waals surface area (Å²) in [5, 5.41) is 12.8. The van der Waals surface area contributed by atoms with Crippen molar-refractivity contribution in [1.29, 1.82) is 0 Å². The minimum absolute atomic E-state index is 0.0479. The summed E-state index contributed by atoms with van der Waals surface area (Å²) >= 11 is 0. The Morgan fingerprint density at radius 2 is 1.54 bits per heavy atom. The number of hydrogen-bond acceptors (Lipinski definition) is 5. The second-order valence-electron chi connectivity index (χ2n) is 10.8. The lowest BCUT2D eigenvalue weighted by Crippen LogP contribution is -2.53. The highest BCUT2D eigenvalue weighted by atomic mass is 16.5. The van der Waals surface area contributed by atoms with Crippen molar-refractivity contribution >= 4 is 17.8 Å². The molecule has 2 aromatic carbocycles. The molecule has 1 spiro atoms. The van der Waals surface area contributed by atoms with Crippen LogP contribution in [0.25, 0.3) is 0 Å². The first kappa shape index (κ1) is 28.6. The van der Waals surface area contributed by atoms with Crippen LogP contribution in [0, 0.1) is 11.8 Å². The lowest BCUT2D eigenvalue weighted by Gasteiger charge is -2.33. The molecule has 7 heteroatoms. The van der Waals surface area contributed by atoms with Gasteiger partial charge in [0.25, 0.3) is 0 Å². The van der Waals surface area contributed by atoms with Gasteiger partial charge in [-0.2, -0.15) is 0 Å². The Bertz CT molecular complexity index is 1110. The van der Waals surface area contributed by atoms with Crippen LogP contribution in [0.5, 0.6) is 0 Å². The van der Waals surface area contributed by atoms with Gasteiger partial charge in [0.1, 0.15) is 6.61 Å². The summed E-state index contributed by atoms with van der Waals surface area (Å²) in [4.78, 5) is 41.7. The number of amides is 2. The number of nitrogens with one attached hydrogen (secondary N) is 1. The van der Waals surface area contributed by atoms with E-state index in [1.807, 2.05) is 72.8 Å². The molecular formula is C32H40N2O5. The predicted octanol–water partition coefficient (Wildman–Crippen LogP) is 4.19. The Labute approximate surface area is 231 Å². The van der Waals surface area contributed by atoms with Gasteiger partial charge in [-0.05, 0) is 43.2 Å². The van der Waals surface area contributed by atoms with Gasteiger partial charge in [-0.25, -0.2) is 0 Å². The molecule has 0 aromatic heterocycles. The van der Waals surface area contributed by atoms with E-state index in [2.05, 4.69) is 5.32 Å². The Morgan fingerprint density at radius 3 is 2.18 bits per heavy atom. The number of rotatable bonds is 8. The molecule has 1 heterocycles. The zero-order valence-corrected chi connectivity index (χ0v) is 22.6. The molecule has 2 amide bonds. The standard InChI is InChI=1S/C32H40N2O5/c35-20-19-34(23-26-13-5-2-6-14-26)29(36)22-27-15-7-8-16-28(21-25-11-3-1-4-12-25)31(38)39-24-32(33-30(27)37)17-9-10-18-32/h1-8,11-14,27-28,35H,9-10,15-24H2,(H,33,37)/t27-,28+/m1/s1. The van der Waals surface area contributed by atoms with Crippen molar-refractivity contribution in [1.82, 2.24) is 10.2 Å². The highest BCUT2D eigenvalue weighted by Crippen LogP contribution is 2.32. The number of hydrogen-bond donors (Lipinski definition) is 2. The number of aliphatic hydroxyl groups is 1. The van der Waals surface area contributed by atoms with E-state index >= 15 is 0 Å². The van der Waals surface area contributed by atoms with E-state index in [9.17, 15) is 19.5 Å². The summed E-state index contributed by atoms with van der Waals surface area (Å²) in [6.45, 7) is 0.592. The lowest BCUT2D eigenvalue weighted by atomic mass is 9.92. The van der Waals surface area contributed by atoms with Crippen molar-refractivity contribution in [3.8, 4) is 0 Å². The van der Waals surface area contributed by atoms with E-state index in [1.54, 1.807) is 4.90 Å². The third kappa shape index (κ3) is 8.27. The number of aliphatic hydroxyl groups excluding tert-OH is 1. The van der Waals surface area contributed by atoms with Crippen LogP contribution in [0.2, 0.25) is 0 Å². The molecule has 208 valence electrons. The highest BCUT2D eigenvalue weighted by molar-refractivity contribution is 5.86. The van der Waals surface area contributed by atoms with Crippen molar-refractivity contribution < 1.29 is 24.2 Å². The first-order valence-corrected chi connectivity index (χ1v) is 14.1. The number of benzene rings is 2. The van der Waals surface area contributed by atoms with Gasteiger partial charge in [0.15, 0.2) is 0 Å². The minimum Gasteiger partial charge on any atom is -0.463 e. The Morgan fingerprint density at radius 1 is 0.923 bits per heavy atom. The number of allylic oxidation sites excluding steroid dienone is 2. The van der Waals surface area contributed by atoms with Gasteiger partial charge in [-0.3, -0.25) is 14.4 Å². The van der Waals surface area contributed by atoms with Gasteiger partial charge in [0, 0.05) is 19.5 Å². The van der Waals surface area contributed by atoms with Gasteiger partial charge < -0.3 is 20.1 Å². The number of carbonyl (C=O) groups is 3. The normalized spacial score (nSPS) is 21.5.